The van der Waals surface area contributed by atoms with Crippen molar-refractivity contribution in [1.29, 1.82) is 0 Å². The molecule has 10 heteroatoms. The largest absolute Gasteiger partial charge is 0.465 e. The number of carbonyl (C=O) groups is 2. The van der Waals surface area contributed by atoms with Crippen LogP contribution < -0.4 is 5.43 Å². The van der Waals surface area contributed by atoms with Gasteiger partial charge in [-0.3, -0.25) is 14.9 Å². The summed E-state index contributed by atoms with van der Waals surface area (Å²) in [4.78, 5) is 34.3. The molecule has 0 saturated heterocycles. The molecule has 2 aromatic carbocycles. The fourth-order valence-electron chi connectivity index (χ4n) is 3.22. The average molecular weight is 447 g/mol. The van der Waals surface area contributed by atoms with Crippen LogP contribution in [0.15, 0.2) is 68.5 Å². The topological polar surface area (TPSA) is 137 Å². The molecule has 10 nitrogen and oxygen atoms in total. The Morgan fingerprint density at radius 1 is 1.09 bits per heavy atom. The van der Waals surface area contributed by atoms with Crippen LogP contribution in [0.4, 0.5) is 5.69 Å². The van der Waals surface area contributed by atoms with Crippen molar-refractivity contribution in [2.24, 2.45) is 5.10 Å². The van der Waals surface area contributed by atoms with Gasteiger partial charge in [0.15, 0.2) is 5.76 Å². The van der Waals surface area contributed by atoms with E-state index >= 15 is 0 Å². The summed E-state index contributed by atoms with van der Waals surface area (Å²) in [5, 5.41) is 15.2. The molecule has 0 saturated carbocycles. The van der Waals surface area contributed by atoms with Crippen molar-refractivity contribution in [3.8, 4) is 11.3 Å². The Balaban J connectivity index is 1.44. The SMILES string of the molecule is COC(=O)c1ccc(-c2ccc(/C=N\NC(=O)c3cc4cc([N+](=O)[O-])ccc4o3)o2)c(C)c1. The van der Waals surface area contributed by atoms with E-state index in [2.05, 4.69) is 10.5 Å². The van der Waals surface area contributed by atoms with Crippen LogP contribution in [0.5, 0.6) is 0 Å². The van der Waals surface area contributed by atoms with E-state index in [1.54, 1.807) is 30.3 Å². The van der Waals surface area contributed by atoms with Crippen LogP contribution in [0.2, 0.25) is 0 Å². The first-order valence-corrected chi connectivity index (χ1v) is 9.66. The van der Waals surface area contributed by atoms with Gasteiger partial charge < -0.3 is 13.6 Å². The first kappa shape index (κ1) is 21.5. The number of esters is 1. The average Bonchev–Trinajstić information content (AvgIpc) is 3.45. The lowest BCUT2D eigenvalue weighted by Crippen LogP contribution is -2.16. The zero-order valence-electron chi connectivity index (χ0n) is 17.5. The van der Waals surface area contributed by atoms with Crippen LogP contribution in [0.25, 0.3) is 22.3 Å². The number of carbonyl (C=O) groups excluding carboxylic acids is 2. The Morgan fingerprint density at radius 2 is 1.91 bits per heavy atom. The minimum absolute atomic E-state index is 0.0379. The normalized spacial score (nSPS) is 11.1. The quantitative estimate of drug-likeness (QED) is 0.199. The van der Waals surface area contributed by atoms with Gasteiger partial charge in [-0.1, -0.05) is 6.07 Å². The molecule has 0 unspecified atom stereocenters. The van der Waals surface area contributed by atoms with Crippen LogP contribution in [0, 0.1) is 17.0 Å². The smallest absolute Gasteiger partial charge is 0.337 e. The van der Waals surface area contributed by atoms with Crippen LogP contribution in [-0.2, 0) is 4.74 Å². The molecule has 33 heavy (non-hydrogen) atoms. The van der Waals surface area contributed by atoms with Crippen molar-refractivity contribution in [3.05, 3.63) is 87.4 Å². The number of ether oxygens (including phenoxy) is 1. The molecular weight excluding hydrogens is 430 g/mol. The molecule has 0 radical (unpaired) electrons. The van der Waals surface area contributed by atoms with Gasteiger partial charge in [-0.2, -0.15) is 5.10 Å². The number of rotatable bonds is 6. The van der Waals surface area contributed by atoms with E-state index in [0.717, 1.165) is 11.1 Å². The van der Waals surface area contributed by atoms with E-state index in [4.69, 9.17) is 13.6 Å². The number of benzene rings is 2. The monoisotopic (exact) mass is 447 g/mol. The van der Waals surface area contributed by atoms with Crippen molar-refractivity contribution in [1.82, 2.24) is 5.43 Å². The number of methoxy groups -OCH3 is 1. The van der Waals surface area contributed by atoms with E-state index in [1.807, 2.05) is 6.92 Å². The summed E-state index contributed by atoms with van der Waals surface area (Å²) >= 11 is 0. The Labute approximate surface area is 186 Å². The Hall–Kier alpha value is -4.73. The molecule has 0 fully saturated rings. The molecule has 0 aliphatic rings. The highest BCUT2D eigenvalue weighted by atomic mass is 16.6. The number of aryl methyl sites for hydroxylation is 1. The number of nitro groups is 1. The van der Waals surface area contributed by atoms with Gasteiger partial charge in [-0.05, 0) is 48.9 Å². The number of nitrogens with one attached hydrogen (secondary N) is 1. The van der Waals surface area contributed by atoms with Crippen molar-refractivity contribution < 1.29 is 28.1 Å². The Kier molecular flexibility index (Phi) is 5.73. The third-order valence-electron chi connectivity index (χ3n) is 4.83. The molecule has 4 aromatic rings. The van der Waals surface area contributed by atoms with Crippen molar-refractivity contribution in [2.45, 2.75) is 6.92 Å². The van der Waals surface area contributed by atoms with E-state index in [1.165, 1.54) is 37.6 Å². The van der Waals surface area contributed by atoms with Crippen molar-refractivity contribution in [2.75, 3.05) is 7.11 Å². The summed E-state index contributed by atoms with van der Waals surface area (Å²) in [5.74, 6) is -0.122. The molecule has 2 aromatic heterocycles. The maximum atomic E-state index is 12.3. The predicted octanol–water partition coefficient (Wildman–Crippen LogP) is 4.46. The molecule has 0 atom stereocenters. The predicted molar refractivity (Wildman–Crippen MR) is 118 cm³/mol. The molecular formula is C23H17N3O7. The molecule has 166 valence electrons. The lowest BCUT2D eigenvalue weighted by Gasteiger charge is -2.05. The van der Waals surface area contributed by atoms with E-state index in [-0.39, 0.29) is 11.4 Å². The number of amides is 1. The number of furan rings is 2. The second-order valence-corrected chi connectivity index (χ2v) is 7.01. The van der Waals surface area contributed by atoms with Crippen LogP contribution >= 0.6 is 0 Å². The first-order valence-electron chi connectivity index (χ1n) is 9.66. The first-order chi connectivity index (χ1) is 15.9. The summed E-state index contributed by atoms with van der Waals surface area (Å²) in [6, 6.07) is 14.0. The minimum Gasteiger partial charge on any atom is -0.465 e. The highest BCUT2D eigenvalue weighted by molar-refractivity contribution is 5.97. The number of hydrogen-bond acceptors (Lipinski definition) is 8. The lowest BCUT2D eigenvalue weighted by molar-refractivity contribution is -0.384. The Bertz CT molecular complexity index is 1410. The number of nitro benzene ring substituents is 1. The minimum atomic E-state index is -0.619. The van der Waals surface area contributed by atoms with Gasteiger partial charge >= 0.3 is 11.9 Å². The van der Waals surface area contributed by atoms with Crippen LogP contribution in [-0.4, -0.2) is 30.1 Å². The van der Waals surface area contributed by atoms with Gasteiger partial charge in [0, 0.05) is 23.1 Å². The highest BCUT2D eigenvalue weighted by Crippen LogP contribution is 2.26. The standard InChI is InChI=1S/C23H17N3O7/c1-13-9-14(23(28)31-2)3-6-18(13)20-8-5-17(32-20)12-24-25-22(27)21-11-15-10-16(26(29)30)4-7-19(15)33-21/h3-12H,1-2H3,(H,25,27)/b24-12-. The second-order valence-electron chi connectivity index (χ2n) is 7.01. The van der Waals surface area contributed by atoms with Gasteiger partial charge in [-0.15, -0.1) is 0 Å². The molecule has 0 spiro atoms. The number of hydrogen-bond donors (Lipinski definition) is 1. The summed E-state index contributed by atoms with van der Waals surface area (Å²) in [6.07, 6.45) is 1.33. The molecule has 0 bridgehead atoms. The van der Waals surface area contributed by atoms with Gasteiger partial charge in [0.05, 0.1) is 23.8 Å². The third kappa shape index (κ3) is 4.49. The van der Waals surface area contributed by atoms with E-state index < -0.39 is 16.8 Å². The number of non-ortho nitro benzene ring substituents is 1. The molecule has 1 amide bonds. The molecule has 2 heterocycles. The zero-order chi connectivity index (χ0) is 23.5. The third-order valence-corrected chi connectivity index (χ3v) is 4.83. The number of hydrazone groups is 1. The zero-order valence-corrected chi connectivity index (χ0v) is 17.5. The van der Waals surface area contributed by atoms with Gasteiger partial charge in [0.25, 0.3) is 5.69 Å². The molecule has 0 aliphatic carbocycles. The summed E-state index contributed by atoms with van der Waals surface area (Å²) < 4.78 is 15.9. The van der Waals surface area contributed by atoms with Gasteiger partial charge in [0.1, 0.15) is 17.1 Å². The van der Waals surface area contributed by atoms with E-state index in [9.17, 15) is 19.7 Å². The van der Waals surface area contributed by atoms with Gasteiger partial charge in [-0.25, -0.2) is 10.2 Å². The molecule has 1 N–H and O–H groups in total. The lowest BCUT2D eigenvalue weighted by atomic mass is 10.0. The van der Waals surface area contributed by atoms with Crippen molar-refractivity contribution >= 4 is 34.7 Å². The molecule has 4 rings (SSSR count). The second kappa shape index (κ2) is 8.79. The molecule has 0 aliphatic heterocycles. The highest BCUT2D eigenvalue weighted by Gasteiger charge is 2.15. The summed E-state index contributed by atoms with van der Waals surface area (Å²) in [7, 11) is 1.32. The van der Waals surface area contributed by atoms with Crippen LogP contribution in [0.3, 0.4) is 0 Å². The number of fused-ring (bicyclic) bond motifs is 1. The van der Waals surface area contributed by atoms with Crippen molar-refractivity contribution in [3.63, 3.8) is 0 Å². The van der Waals surface area contributed by atoms with E-state index in [0.29, 0.717) is 28.1 Å². The number of nitrogens with zero attached hydrogens (tertiary/aromatic N) is 2. The maximum absolute atomic E-state index is 12.3. The maximum Gasteiger partial charge on any atom is 0.337 e. The summed E-state index contributed by atoms with van der Waals surface area (Å²) in [5.41, 5.74) is 4.63. The summed E-state index contributed by atoms with van der Waals surface area (Å²) in [6.45, 7) is 1.85. The van der Waals surface area contributed by atoms with Crippen LogP contribution in [0.1, 0.15) is 32.2 Å². The van der Waals surface area contributed by atoms with Gasteiger partial charge in [0.2, 0.25) is 0 Å². The Morgan fingerprint density at radius 3 is 2.64 bits per heavy atom. The fraction of sp³-hybridized carbons (Fsp3) is 0.0870. The fourth-order valence-corrected chi connectivity index (χ4v) is 3.22.